The van der Waals surface area contributed by atoms with Crippen molar-refractivity contribution in [2.24, 2.45) is 0 Å². The number of carbonyl (C=O) groups excluding carboxylic acids is 2. The molecule has 6 heteroatoms. The normalized spacial score (nSPS) is 10.7. The monoisotopic (exact) mass is 452 g/mol. The van der Waals surface area contributed by atoms with E-state index in [0.29, 0.717) is 39.3 Å². The van der Waals surface area contributed by atoms with Crippen LogP contribution in [0.15, 0.2) is 73.8 Å². The van der Waals surface area contributed by atoms with Gasteiger partial charge in [-0.05, 0) is 35.4 Å². The summed E-state index contributed by atoms with van der Waals surface area (Å²) in [5.41, 5.74) is 2.12. The molecule has 0 spiro atoms. The Labute approximate surface area is 195 Å². The van der Waals surface area contributed by atoms with Crippen molar-refractivity contribution in [2.45, 2.75) is 32.1 Å². The van der Waals surface area contributed by atoms with Gasteiger partial charge in [-0.2, -0.15) is 0 Å². The summed E-state index contributed by atoms with van der Waals surface area (Å²) < 4.78 is 21.3. The first-order valence-electron chi connectivity index (χ1n) is 10.9. The van der Waals surface area contributed by atoms with Crippen molar-refractivity contribution in [1.29, 1.82) is 0 Å². The van der Waals surface area contributed by atoms with Crippen LogP contribution in [0, 0.1) is 0 Å². The molecule has 0 N–H and O–H groups in total. The smallest absolute Gasteiger partial charge is 0.330 e. The van der Waals surface area contributed by atoms with E-state index in [0.717, 1.165) is 34.8 Å². The van der Waals surface area contributed by atoms with Crippen molar-refractivity contribution < 1.29 is 28.5 Å². The highest BCUT2D eigenvalue weighted by molar-refractivity contribution is 5.81. The fraction of sp³-hybridized carbons (Fsp3) is 0.333. The number of carbonyl (C=O) groups is 2. The number of rotatable bonds is 14. The predicted octanol–water partition coefficient (Wildman–Crippen LogP) is 5.01. The zero-order valence-corrected chi connectivity index (χ0v) is 19.4. The first kappa shape index (κ1) is 25.7. The molecule has 0 aliphatic heterocycles. The molecule has 0 aromatic heterocycles. The van der Waals surface area contributed by atoms with E-state index in [-0.39, 0.29) is 5.41 Å². The van der Waals surface area contributed by atoms with Gasteiger partial charge in [0.1, 0.15) is 11.5 Å². The van der Waals surface area contributed by atoms with E-state index in [9.17, 15) is 9.59 Å². The van der Waals surface area contributed by atoms with Gasteiger partial charge in [-0.25, -0.2) is 9.59 Å². The maximum atomic E-state index is 11.0. The van der Waals surface area contributed by atoms with E-state index < -0.39 is 11.9 Å². The van der Waals surface area contributed by atoms with Crippen molar-refractivity contribution in [2.75, 3.05) is 26.4 Å². The Morgan fingerprint density at radius 1 is 0.697 bits per heavy atom. The van der Waals surface area contributed by atoms with Gasteiger partial charge in [-0.1, -0.05) is 51.3 Å². The molecule has 2 aromatic carbocycles. The minimum Gasteiger partial charge on any atom is -0.493 e. The van der Waals surface area contributed by atoms with Crippen LogP contribution in [0.5, 0.6) is 11.5 Å². The molecule has 0 amide bonds. The summed E-state index contributed by atoms with van der Waals surface area (Å²) in [6.07, 6.45) is 3.52. The number of esters is 2. The molecule has 6 nitrogen and oxygen atoms in total. The summed E-state index contributed by atoms with van der Waals surface area (Å²) in [5, 5.41) is 0. The molecule has 0 saturated heterocycles. The van der Waals surface area contributed by atoms with Gasteiger partial charge in [0, 0.05) is 30.4 Å². The lowest BCUT2D eigenvalue weighted by atomic mass is 9.78. The number of benzene rings is 2. The van der Waals surface area contributed by atoms with Crippen LogP contribution >= 0.6 is 0 Å². The average Bonchev–Trinajstić information content (AvgIpc) is 2.83. The molecule has 33 heavy (non-hydrogen) atoms. The number of ether oxygens (including phenoxy) is 4. The second-order valence-electron chi connectivity index (χ2n) is 7.82. The van der Waals surface area contributed by atoms with Crippen molar-refractivity contribution in [3.63, 3.8) is 0 Å². The van der Waals surface area contributed by atoms with Gasteiger partial charge in [0.05, 0.1) is 26.4 Å². The lowest BCUT2D eigenvalue weighted by Crippen LogP contribution is -2.18. The second-order valence-corrected chi connectivity index (χ2v) is 7.82. The van der Waals surface area contributed by atoms with Gasteiger partial charge in [0.15, 0.2) is 0 Å². The molecule has 0 bridgehead atoms. The van der Waals surface area contributed by atoms with Crippen molar-refractivity contribution in [1.82, 2.24) is 0 Å². The highest BCUT2D eigenvalue weighted by atomic mass is 16.5. The molecule has 0 aliphatic carbocycles. The SMILES string of the molecule is C=CC(=O)OCCCOc1ccc(C(C)(C)c2ccc(OCCCOC(=O)C=C)cc2)cc1. The van der Waals surface area contributed by atoms with Crippen molar-refractivity contribution in [3.8, 4) is 11.5 Å². The Bertz CT molecular complexity index is 837. The quantitative estimate of drug-likeness (QED) is 0.228. The zero-order chi connectivity index (χ0) is 24.1. The van der Waals surface area contributed by atoms with E-state index >= 15 is 0 Å². The Morgan fingerprint density at radius 2 is 1.06 bits per heavy atom. The van der Waals surface area contributed by atoms with Crippen LogP contribution in [0.2, 0.25) is 0 Å². The van der Waals surface area contributed by atoms with Gasteiger partial charge < -0.3 is 18.9 Å². The molecule has 0 unspecified atom stereocenters. The van der Waals surface area contributed by atoms with E-state index in [2.05, 4.69) is 51.3 Å². The molecular weight excluding hydrogens is 420 g/mol. The van der Waals surface area contributed by atoms with E-state index in [1.807, 2.05) is 24.3 Å². The molecule has 2 aromatic rings. The molecule has 0 fully saturated rings. The first-order chi connectivity index (χ1) is 15.9. The third kappa shape index (κ3) is 8.48. The van der Waals surface area contributed by atoms with E-state index in [1.165, 1.54) is 0 Å². The van der Waals surface area contributed by atoms with Gasteiger partial charge in [-0.15, -0.1) is 0 Å². The largest absolute Gasteiger partial charge is 0.493 e. The van der Waals surface area contributed by atoms with Crippen LogP contribution in [0.4, 0.5) is 0 Å². The second kappa shape index (κ2) is 13.1. The predicted molar refractivity (Wildman–Crippen MR) is 128 cm³/mol. The summed E-state index contributed by atoms with van der Waals surface area (Å²) in [7, 11) is 0. The maximum absolute atomic E-state index is 11.0. The average molecular weight is 453 g/mol. The van der Waals surface area contributed by atoms with Gasteiger partial charge >= 0.3 is 11.9 Å². The number of hydrogen-bond donors (Lipinski definition) is 0. The molecule has 0 radical (unpaired) electrons. The first-order valence-corrected chi connectivity index (χ1v) is 10.9. The standard InChI is InChI=1S/C27H32O6/c1-5-25(28)32-19-7-17-30-23-13-9-21(10-14-23)27(3,4)22-11-15-24(16-12-22)31-18-8-20-33-26(29)6-2/h5-6,9-16H,1-2,7-8,17-20H2,3-4H3. The fourth-order valence-corrected chi connectivity index (χ4v) is 3.06. The lowest BCUT2D eigenvalue weighted by molar-refractivity contribution is -0.138. The van der Waals surface area contributed by atoms with E-state index in [4.69, 9.17) is 18.9 Å². The molecule has 0 aliphatic rings. The van der Waals surface area contributed by atoms with Crippen molar-refractivity contribution >= 4 is 11.9 Å². The highest BCUT2D eigenvalue weighted by Crippen LogP contribution is 2.33. The van der Waals surface area contributed by atoms with Crippen LogP contribution in [0.3, 0.4) is 0 Å². The Kier molecular flexibility index (Phi) is 10.2. The van der Waals surface area contributed by atoms with Crippen LogP contribution in [0.1, 0.15) is 37.8 Å². The molecule has 0 heterocycles. The van der Waals surface area contributed by atoms with Crippen LogP contribution in [-0.2, 0) is 24.5 Å². The molecule has 0 saturated carbocycles. The maximum Gasteiger partial charge on any atom is 0.330 e. The third-order valence-electron chi connectivity index (χ3n) is 5.09. The summed E-state index contributed by atoms with van der Waals surface area (Å²) >= 11 is 0. The highest BCUT2D eigenvalue weighted by Gasteiger charge is 2.23. The molecule has 2 rings (SSSR count). The summed E-state index contributed by atoms with van der Waals surface area (Å²) in [5.74, 6) is 0.694. The van der Waals surface area contributed by atoms with Crippen LogP contribution in [-0.4, -0.2) is 38.4 Å². The molecular formula is C27H32O6. The summed E-state index contributed by atoms with van der Waals surface area (Å²) in [6.45, 7) is 12.6. The Hall–Kier alpha value is -3.54. The summed E-state index contributed by atoms with van der Waals surface area (Å²) in [6, 6.07) is 16.0. The topological polar surface area (TPSA) is 71.1 Å². The Balaban J connectivity index is 1.83. The lowest BCUT2D eigenvalue weighted by Gasteiger charge is -2.26. The summed E-state index contributed by atoms with van der Waals surface area (Å²) in [4.78, 5) is 22.0. The van der Waals surface area contributed by atoms with E-state index in [1.54, 1.807) is 0 Å². The number of hydrogen-bond acceptors (Lipinski definition) is 6. The Morgan fingerprint density at radius 3 is 1.39 bits per heavy atom. The van der Waals surface area contributed by atoms with Crippen LogP contribution in [0.25, 0.3) is 0 Å². The van der Waals surface area contributed by atoms with Gasteiger partial charge in [-0.3, -0.25) is 0 Å². The third-order valence-corrected chi connectivity index (χ3v) is 5.09. The van der Waals surface area contributed by atoms with Crippen molar-refractivity contribution in [3.05, 3.63) is 85.0 Å². The van der Waals surface area contributed by atoms with Crippen LogP contribution < -0.4 is 9.47 Å². The minimum atomic E-state index is -0.423. The fourth-order valence-electron chi connectivity index (χ4n) is 3.06. The molecule has 176 valence electrons. The minimum absolute atomic E-state index is 0.200. The van der Waals surface area contributed by atoms with Gasteiger partial charge in [0.25, 0.3) is 0 Å². The molecule has 0 atom stereocenters. The van der Waals surface area contributed by atoms with Gasteiger partial charge in [0.2, 0.25) is 0 Å². The zero-order valence-electron chi connectivity index (χ0n) is 19.4.